The van der Waals surface area contributed by atoms with Crippen molar-refractivity contribution < 1.29 is 9.49 Å². The zero-order valence-electron chi connectivity index (χ0n) is 9.63. The van der Waals surface area contributed by atoms with Crippen molar-refractivity contribution in [3.63, 3.8) is 0 Å². The molecule has 0 bridgehead atoms. The second kappa shape index (κ2) is 4.51. The van der Waals surface area contributed by atoms with Crippen LogP contribution in [-0.2, 0) is 0 Å². The average molecular weight is 218 g/mol. The number of allylic oxidation sites excluding steroid dienone is 2. The van der Waals surface area contributed by atoms with E-state index in [0.29, 0.717) is 11.8 Å². The Balaban J connectivity index is 2.10. The third-order valence-corrected chi connectivity index (χ3v) is 2.51. The van der Waals surface area contributed by atoms with Crippen LogP contribution in [0.5, 0.6) is 0 Å². The van der Waals surface area contributed by atoms with Crippen LogP contribution < -0.4 is 0 Å². The summed E-state index contributed by atoms with van der Waals surface area (Å²) in [6.07, 6.45) is 9.51. The summed E-state index contributed by atoms with van der Waals surface area (Å²) in [6.45, 7) is 4.18. The maximum absolute atomic E-state index is 11.7. The minimum absolute atomic E-state index is 0.0333. The van der Waals surface area contributed by atoms with Crippen molar-refractivity contribution in [3.8, 4) is 0 Å². The Kier molecular flexibility index (Phi) is 3.08. The van der Waals surface area contributed by atoms with Crippen molar-refractivity contribution in [1.82, 2.24) is 0 Å². The smallest absolute Gasteiger partial charge is 0.191 e. The SMILES string of the molecule is CC(C)CC1=NC(=O)[N+](C2C=CC=CC2)=N1. The van der Waals surface area contributed by atoms with Gasteiger partial charge in [0.15, 0.2) is 0 Å². The predicted molar refractivity (Wildman–Crippen MR) is 61.7 cm³/mol. The van der Waals surface area contributed by atoms with E-state index < -0.39 is 0 Å². The summed E-state index contributed by atoms with van der Waals surface area (Å²) >= 11 is 0. The molecule has 2 amide bonds. The zero-order valence-corrected chi connectivity index (χ0v) is 9.63. The third-order valence-electron chi connectivity index (χ3n) is 2.51. The maximum atomic E-state index is 11.7. The van der Waals surface area contributed by atoms with Gasteiger partial charge < -0.3 is 0 Å². The van der Waals surface area contributed by atoms with Crippen LogP contribution in [0.3, 0.4) is 0 Å². The first-order valence-electron chi connectivity index (χ1n) is 5.62. The summed E-state index contributed by atoms with van der Waals surface area (Å²) in [6, 6.07) is -0.202. The van der Waals surface area contributed by atoms with Gasteiger partial charge >= 0.3 is 6.03 Å². The van der Waals surface area contributed by atoms with Gasteiger partial charge in [-0.1, -0.05) is 36.8 Å². The molecule has 0 saturated carbocycles. The number of azo groups is 2. The van der Waals surface area contributed by atoms with Gasteiger partial charge in [0.2, 0.25) is 0 Å². The van der Waals surface area contributed by atoms with E-state index in [1.807, 2.05) is 24.3 Å². The van der Waals surface area contributed by atoms with Crippen LogP contribution in [-0.4, -0.2) is 22.6 Å². The number of amides is 2. The minimum Gasteiger partial charge on any atom is -0.191 e. The van der Waals surface area contributed by atoms with Gasteiger partial charge in [-0.2, -0.15) is 4.79 Å². The molecule has 16 heavy (non-hydrogen) atoms. The molecule has 0 aromatic carbocycles. The van der Waals surface area contributed by atoms with E-state index in [2.05, 4.69) is 24.0 Å². The quantitative estimate of drug-likeness (QED) is 0.672. The average Bonchev–Trinajstić information content (AvgIpc) is 2.60. The molecule has 4 heteroatoms. The van der Waals surface area contributed by atoms with E-state index in [9.17, 15) is 4.79 Å². The normalized spacial score (nSPS) is 23.9. The molecule has 1 aliphatic carbocycles. The molecule has 0 spiro atoms. The van der Waals surface area contributed by atoms with Crippen molar-refractivity contribution in [1.29, 1.82) is 0 Å². The molecule has 0 fully saturated rings. The fraction of sp³-hybridized carbons (Fsp3) is 0.500. The number of aliphatic imine (C=N–C) groups is 1. The van der Waals surface area contributed by atoms with Crippen LogP contribution in [0.2, 0.25) is 0 Å². The number of carbonyl (C=O) groups is 1. The van der Waals surface area contributed by atoms with Gasteiger partial charge in [-0.05, 0) is 17.1 Å². The number of urea groups is 1. The molecule has 1 unspecified atom stereocenters. The Hall–Kier alpha value is -1.58. The summed E-state index contributed by atoms with van der Waals surface area (Å²) in [7, 11) is 0. The highest BCUT2D eigenvalue weighted by Crippen LogP contribution is 2.15. The first-order chi connectivity index (χ1) is 7.66. The van der Waals surface area contributed by atoms with Crippen LogP contribution >= 0.6 is 0 Å². The van der Waals surface area contributed by atoms with Crippen molar-refractivity contribution in [2.75, 3.05) is 0 Å². The number of nitrogens with zero attached hydrogens (tertiary/aromatic N) is 3. The lowest BCUT2D eigenvalue weighted by atomic mass is 10.1. The molecule has 1 atom stereocenters. The third kappa shape index (κ3) is 2.32. The largest absolute Gasteiger partial charge is 0.563 e. The molecule has 4 nitrogen and oxygen atoms in total. The molecular weight excluding hydrogens is 202 g/mol. The first kappa shape index (κ1) is 10.9. The zero-order chi connectivity index (χ0) is 11.5. The molecule has 0 radical (unpaired) electrons. The molecule has 1 aliphatic heterocycles. The second-order valence-electron chi connectivity index (χ2n) is 4.47. The second-order valence-corrected chi connectivity index (χ2v) is 4.47. The summed E-state index contributed by atoms with van der Waals surface area (Å²) in [4.78, 5) is 15.6. The number of hydrogen-bond acceptors (Lipinski definition) is 2. The standard InChI is InChI=1S/C12H16N3O/c1-9(2)8-11-13-12(16)15(14-11)10-6-4-3-5-7-10/h3-6,9-10H,7-8H2,1-2H3/q+1. The summed E-state index contributed by atoms with van der Waals surface area (Å²) in [5.74, 6) is 1.12. The Morgan fingerprint density at radius 1 is 1.50 bits per heavy atom. The fourth-order valence-electron chi connectivity index (χ4n) is 1.77. The predicted octanol–water partition coefficient (Wildman–Crippen LogP) is 2.91. The molecule has 0 saturated heterocycles. The summed E-state index contributed by atoms with van der Waals surface area (Å²) < 4.78 is 1.48. The van der Waals surface area contributed by atoms with E-state index >= 15 is 0 Å². The first-order valence-corrected chi connectivity index (χ1v) is 5.62. The molecule has 1 heterocycles. The molecule has 2 rings (SSSR count). The van der Waals surface area contributed by atoms with Gasteiger partial charge in [0.1, 0.15) is 6.04 Å². The Morgan fingerprint density at radius 3 is 2.94 bits per heavy atom. The topological polar surface area (TPSA) is 44.8 Å². The van der Waals surface area contributed by atoms with E-state index in [4.69, 9.17) is 0 Å². The summed E-state index contributed by atoms with van der Waals surface area (Å²) in [5.41, 5.74) is 0. The monoisotopic (exact) mass is 218 g/mol. The van der Waals surface area contributed by atoms with Crippen molar-refractivity contribution in [3.05, 3.63) is 24.3 Å². The van der Waals surface area contributed by atoms with E-state index in [0.717, 1.165) is 12.8 Å². The lowest BCUT2D eigenvalue weighted by Gasteiger charge is -2.07. The molecular formula is C12H16N3O+. The Bertz CT molecular complexity index is 416. The number of hydrogen-bond donors (Lipinski definition) is 0. The molecule has 2 aliphatic rings. The number of amidine groups is 1. The van der Waals surface area contributed by atoms with Crippen LogP contribution in [0.1, 0.15) is 26.7 Å². The van der Waals surface area contributed by atoms with Crippen LogP contribution in [0.25, 0.3) is 0 Å². The van der Waals surface area contributed by atoms with E-state index in [1.165, 1.54) is 4.70 Å². The van der Waals surface area contributed by atoms with Gasteiger partial charge in [-0.15, -0.1) is 0 Å². The lowest BCUT2D eigenvalue weighted by Crippen LogP contribution is -2.25. The van der Waals surface area contributed by atoms with Crippen LogP contribution in [0.4, 0.5) is 4.79 Å². The van der Waals surface area contributed by atoms with E-state index in [-0.39, 0.29) is 12.1 Å². The van der Waals surface area contributed by atoms with Gasteiger partial charge in [-0.25, -0.2) is 0 Å². The van der Waals surface area contributed by atoms with Gasteiger partial charge in [0.05, 0.1) is 0 Å². The molecule has 84 valence electrons. The highest BCUT2D eigenvalue weighted by molar-refractivity contribution is 5.94. The Labute approximate surface area is 95.1 Å². The van der Waals surface area contributed by atoms with Gasteiger partial charge in [0, 0.05) is 17.8 Å². The molecule has 0 aromatic heterocycles. The Morgan fingerprint density at radius 2 is 2.31 bits per heavy atom. The van der Waals surface area contributed by atoms with Crippen molar-refractivity contribution >= 4 is 11.9 Å². The van der Waals surface area contributed by atoms with Crippen molar-refractivity contribution in [2.45, 2.75) is 32.7 Å². The number of carbonyl (C=O) groups excluding carboxylic acids is 1. The van der Waals surface area contributed by atoms with Gasteiger partial charge in [0.25, 0.3) is 5.84 Å². The molecule has 0 N–H and O–H groups in total. The van der Waals surface area contributed by atoms with Gasteiger partial charge in [-0.3, -0.25) is 0 Å². The number of rotatable bonds is 3. The van der Waals surface area contributed by atoms with Crippen molar-refractivity contribution in [2.24, 2.45) is 16.0 Å². The minimum atomic E-state index is -0.236. The maximum Gasteiger partial charge on any atom is 0.563 e. The summed E-state index contributed by atoms with van der Waals surface area (Å²) in [5, 5.41) is 4.28. The van der Waals surface area contributed by atoms with Crippen LogP contribution in [0.15, 0.2) is 34.4 Å². The fourth-order valence-corrected chi connectivity index (χ4v) is 1.77. The molecule has 0 aromatic rings. The highest BCUT2D eigenvalue weighted by atomic mass is 16.2. The van der Waals surface area contributed by atoms with Crippen LogP contribution in [0, 0.1) is 5.92 Å². The van der Waals surface area contributed by atoms with E-state index in [1.54, 1.807) is 0 Å². The lowest BCUT2D eigenvalue weighted by molar-refractivity contribution is -0.514. The highest BCUT2D eigenvalue weighted by Gasteiger charge is 2.34.